The Morgan fingerprint density at radius 1 is 1.55 bits per heavy atom. The van der Waals surface area contributed by atoms with E-state index in [-0.39, 0.29) is 5.97 Å². The van der Waals surface area contributed by atoms with E-state index >= 15 is 0 Å². The molecule has 0 spiro atoms. The lowest BCUT2D eigenvalue weighted by molar-refractivity contribution is -0.139. The summed E-state index contributed by atoms with van der Waals surface area (Å²) in [6.07, 6.45) is 1.08. The molecule has 0 aromatic rings. The molecule has 0 heterocycles. The fourth-order valence-corrected chi connectivity index (χ4v) is 1.14. The Morgan fingerprint density at radius 2 is 2.27 bits per heavy atom. The number of esters is 1. The second-order valence-electron chi connectivity index (χ2n) is 1.99. The van der Waals surface area contributed by atoms with Gasteiger partial charge in [0.15, 0.2) is 0 Å². The van der Waals surface area contributed by atoms with Crippen molar-refractivity contribution in [3.63, 3.8) is 0 Å². The lowest BCUT2D eigenvalue weighted by Gasteiger charge is -2.01. The zero-order valence-electron chi connectivity index (χ0n) is 7.05. The van der Waals surface area contributed by atoms with Crippen LogP contribution in [0, 0.1) is 0 Å². The van der Waals surface area contributed by atoms with E-state index in [2.05, 4.69) is 11.6 Å². The van der Waals surface area contributed by atoms with Gasteiger partial charge in [-0.1, -0.05) is 18.9 Å². The summed E-state index contributed by atoms with van der Waals surface area (Å²) in [6, 6.07) is 0. The number of rotatable bonds is 6. The average molecular weight is 177 g/mol. The summed E-state index contributed by atoms with van der Waals surface area (Å²) in [5.74, 6) is 0.245. The van der Waals surface area contributed by atoms with Crippen LogP contribution in [0.15, 0.2) is 0 Å². The lowest BCUT2D eigenvalue weighted by Crippen LogP contribution is -2.12. The van der Waals surface area contributed by atoms with Gasteiger partial charge in [-0.05, 0) is 13.3 Å². The summed E-state index contributed by atoms with van der Waals surface area (Å²) in [4.78, 5) is 10.7. The maximum atomic E-state index is 10.7. The standard InChI is InChI=1S/C7H15NO2S/c1-3-5-8-11-6-7(9)10-4-2/h8H,3-6H2,1-2H3. The van der Waals surface area contributed by atoms with Gasteiger partial charge in [0.25, 0.3) is 0 Å². The van der Waals surface area contributed by atoms with Gasteiger partial charge >= 0.3 is 5.97 Å². The highest BCUT2D eigenvalue weighted by molar-refractivity contribution is 7.98. The Labute approximate surface area is 72.0 Å². The first-order chi connectivity index (χ1) is 5.31. The number of hydrogen-bond acceptors (Lipinski definition) is 4. The van der Waals surface area contributed by atoms with Crippen LogP contribution in [0.4, 0.5) is 0 Å². The number of carbonyl (C=O) groups is 1. The summed E-state index contributed by atoms with van der Waals surface area (Å²) in [7, 11) is 0. The molecule has 0 aliphatic carbocycles. The van der Waals surface area contributed by atoms with Crippen LogP contribution >= 0.6 is 11.9 Å². The van der Waals surface area contributed by atoms with Crippen molar-refractivity contribution < 1.29 is 9.53 Å². The molecule has 0 aliphatic heterocycles. The van der Waals surface area contributed by atoms with Crippen molar-refractivity contribution in [1.29, 1.82) is 0 Å². The molecule has 0 rings (SSSR count). The minimum Gasteiger partial charge on any atom is -0.465 e. The number of carbonyl (C=O) groups excluding carboxylic acids is 1. The van der Waals surface area contributed by atoms with Gasteiger partial charge in [-0.3, -0.25) is 9.52 Å². The predicted octanol–water partition coefficient (Wildman–Crippen LogP) is 1.20. The highest BCUT2D eigenvalue weighted by Gasteiger charge is 1.99. The Balaban J connectivity index is 3.04. The van der Waals surface area contributed by atoms with Crippen LogP contribution in [0.5, 0.6) is 0 Å². The van der Waals surface area contributed by atoms with Gasteiger partial charge in [0.2, 0.25) is 0 Å². The first-order valence-electron chi connectivity index (χ1n) is 3.81. The van der Waals surface area contributed by atoms with Crippen LogP contribution in [0.1, 0.15) is 20.3 Å². The summed E-state index contributed by atoms with van der Waals surface area (Å²) < 4.78 is 7.76. The molecular formula is C7H15NO2S. The SMILES string of the molecule is CCCNSCC(=O)OCC. The lowest BCUT2D eigenvalue weighted by atomic mass is 10.5. The molecule has 0 aliphatic rings. The zero-order valence-corrected chi connectivity index (χ0v) is 7.87. The van der Waals surface area contributed by atoms with Crippen molar-refractivity contribution in [2.75, 3.05) is 18.9 Å². The topological polar surface area (TPSA) is 38.3 Å². The molecule has 0 bridgehead atoms. The van der Waals surface area contributed by atoms with E-state index in [1.807, 2.05) is 6.92 Å². The Bertz CT molecular complexity index is 109. The van der Waals surface area contributed by atoms with Crippen molar-refractivity contribution in [3.05, 3.63) is 0 Å². The number of hydrogen-bond donors (Lipinski definition) is 1. The third kappa shape index (κ3) is 7.68. The van der Waals surface area contributed by atoms with Crippen LogP contribution < -0.4 is 4.72 Å². The van der Waals surface area contributed by atoms with Crippen LogP contribution in [0.2, 0.25) is 0 Å². The molecule has 0 unspecified atom stereocenters. The van der Waals surface area contributed by atoms with Gasteiger partial charge in [0.1, 0.15) is 5.75 Å². The second kappa shape index (κ2) is 7.88. The fraction of sp³-hybridized carbons (Fsp3) is 0.857. The van der Waals surface area contributed by atoms with Gasteiger partial charge < -0.3 is 4.74 Å². The van der Waals surface area contributed by atoms with E-state index in [1.165, 1.54) is 11.9 Å². The van der Waals surface area contributed by atoms with Crippen molar-refractivity contribution in [1.82, 2.24) is 4.72 Å². The van der Waals surface area contributed by atoms with Crippen LogP contribution in [0.25, 0.3) is 0 Å². The minimum atomic E-state index is -0.152. The highest BCUT2D eigenvalue weighted by Crippen LogP contribution is 1.94. The third-order valence-corrected chi connectivity index (χ3v) is 1.74. The van der Waals surface area contributed by atoms with Gasteiger partial charge in [-0.2, -0.15) is 0 Å². The van der Waals surface area contributed by atoms with Crippen molar-refractivity contribution >= 4 is 17.9 Å². The smallest absolute Gasteiger partial charge is 0.317 e. The van der Waals surface area contributed by atoms with Crippen molar-refractivity contribution in [2.24, 2.45) is 0 Å². The maximum absolute atomic E-state index is 10.7. The Hall–Kier alpha value is -0.220. The molecule has 0 saturated carbocycles. The Kier molecular flexibility index (Phi) is 7.72. The molecule has 0 aromatic heterocycles. The summed E-state index contributed by atoms with van der Waals surface area (Å²) in [5.41, 5.74) is 0. The molecule has 0 radical (unpaired) electrons. The quantitative estimate of drug-likeness (QED) is 0.376. The maximum Gasteiger partial charge on any atom is 0.317 e. The first kappa shape index (κ1) is 10.8. The number of nitrogens with one attached hydrogen (secondary N) is 1. The molecule has 0 saturated heterocycles. The average Bonchev–Trinajstić information content (AvgIpc) is 1.99. The molecule has 0 atom stereocenters. The zero-order chi connectivity index (χ0) is 8.53. The Morgan fingerprint density at radius 3 is 2.82 bits per heavy atom. The second-order valence-corrected chi connectivity index (χ2v) is 2.85. The summed E-state index contributed by atoms with van der Waals surface area (Å²) in [5, 5.41) is 0. The van der Waals surface area contributed by atoms with Crippen LogP contribution in [-0.4, -0.2) is 24.9 Å². The van der Waals surface area contributed by atoms with Gasteiger partial charge in [-0.25, -0.2) is 0 Å². The molecule has 11 heavy (non-hydrogen) atoms. The highest BCUT2D eigenvalue weighted by atomic mass is 32.2. The van der Waals surface area contributed by atoms with Gasteiger partial charge in [0, 0.05) is 6.54 Å². The summed E-state index contributed by atoms with van der Waals surface area (Å²) in [6.45, 7) is 5.29. The minimum absolute atomic E-state index is 0.152. The largest absolute Gasteiger partial charge is 0.465 e. The van der Waals surface area contributed by atoms with Crippen LogP contribution in [-0.2, 0) is 9.53 Å². The van der Waals surface area contributed by atoms with E-state index in [1.54, 1.807) is 0 Å². The number of ether oxygens (including phenoxy) is 1. The van der Waals surface area contributed by atoms with Crippen molar-refractivity contribution in [3.8, 4) is 0 Å². The molecule has 0 fully saturated rings. The molecule has 66 valence electrons. The molecule has 1 N–H and O–H groups in total. The van der Waals surface area contributed by atoms with Gasteiger partial charge in [0.05, 0.1) is 6.61 Å². The van der Waals surface area contributed by atoms with E-state index in [9.17, 15) is 4.79 Å². The summed E-state index contributed by atoms with van der Waals surface area (Å²) >= 11 is 1.40. The molecule has 0 aromatic carbocycles. The molecular weight excluding hydrogens is 162 g/mol. The third-order valence-electron chi connectivity index (χ3n) is 0.949. The molecule has 4 heteroatoms. The van der Waals surface area contributed by atoms with E-state index in [0.717, 1.165) is 13.0 Å². The van der Waals surface area contributed by atoms with Crippen molar-refractivity contribution in [2.45, 2.75) is 20.3 Å². The van der Waals surface area contributed by atoms with Crippen LogP contribution in [0.3, 0.4) is 0 Å². The molecule has 0 amide bonds. The predicted molar refractivity (Wildman–Crippen MR) is 47.4 cm³/mol. The molecule has 3 nitrogen and oxygen atoms in total. The van der Waals surface area contributed by atoms with E-state index in [4.69, 9.17) is 4.74 Å². The van der Waals surface area contributed by atoms with E-state index in [0.29, 0.717) is 12.4 Å². The van der Waals surface area contributed by atoms with E-state index < -0.39 is 0 Å². The first-order valence-corrected chi connectivity index (χ1v) is 4.80. The normalized spacial score (nSPS) is 9.64. The van der Waals surface area contributed by atoms with Gasteiger partial charge in [-0.15, -0.1) is 0 Å². The monoisotopic (exact) mass is 177 g/mol. The fourth-order valence-electron chi connectivity index (χ4n) is 0.487.